The van der Waals surface area contributed by atoms with Gasteiger partial charge in [-0.2, -0.15) is 0 Å². The second-order valence-electron chi connectivity index (χ2n) is 3.19. The molecule has 0 fully saturated rings. The summed E-state index contributed by atoms with van der Waals surface area (Å²) in [5, 5.41) is 0. The van der Waals surface area contributed by atoms with Crippen LogP contribution in [0.25, 0.3) is 0 Å². The van der Waals surface area contributed by atoms with Gasteiger partial charge in [0.15, 0.2) is 0 Å². The van der Waals surface area contributed by atoms with Gasteiger partial charge in [0, 0.05) is 19.6 Å². The molecule has 0 heterocycles. The first-order valence-electron chi connectivity index (χ1n) is 5.76. The van der Waals surface area contributed by atoms with Gasteiger partial charge in [-0.05, 0) is 40.2 Å². The lowest BCUT2D eigenvalue weighted by Crippen LogP contribution is -1.81. The first-order chi connectivity index (χ1) is 8.68. The lowest BCUT2D eigenvalue weighted by Gasteiger charge is -2.11. The summed E-state index contributed by atoms with van der Waals surface area (Å²) in [6, 6.07) is 0. The summed E-state index contributed by atoms with van der Waals surface area (Å²) in [4.78, 5) is 5.37. The van der Waals surface area contributed by atoms with Crippen LogP contribution in [0.3, 0.4) is 0 Å². The fourth-order valence-electron chi connectivity index (χ4n) is 1.27. The molecule has 0 amide bonds. The molecule has 0 aromatic carbocycles. The van der Waals surface area contributed by atoms with Crippen LogP contribution in [-0.4, -0.2) is 12.5 Å². The lowest BCUT2D eigenvalue weighted by molar-refractivity contribution is 1.63. The fourth-order valence-corrected chi connectivity index (χ4v) is 5.88. The Bertz CT molecular complexity index is 326. The Hall–Kier alpha value is 0.360. The summed E-state index contributed by atoms with van der Waals surface area (Å²) in [6.07, 6.45) is 13.0. The molecule has 0 unspecified atom stereocenters. The second-order valence-corrected chi connectivity index (χ2v) is 7.10. The molecule has 0 saturated carbocycles. The minimum absolute atomic E-state index is 1.34. The highest BCUT2D eigenvalue weighted by Crippen LogP contribution is 2.45. The number of hydrogen-bond donors (Lipinski definition) is 0. The van der Waals surface area contributed by atoms with Gasteiger partial charge in [0.05, 0.1) is 0 Å². The molecule has 4 heteroatoms. The summed E-state index contributed by atoms with van der Waals surface area (Å²) in [7, 11) is 3.67. The van der Waals surface area contributed by atoms with E-state index in [1.807, 2.05) is 21.6 Å². The molecule has 0 rings (SSSR count). The Labute approximate surface area is 129 Å². The average Bonchev–Trinajstić information content (AvgIpc) is 2.42. The average molecular weight is 319 g/mol. The van der Waals surface area contributed by atoms with Crippen molar-refractivity contribution in [3.05, 3.63) is 43.9 Å². The minimum atomic E-state index is 1.34. The van der Waals surface area contributed by atoms with Gasteiger partial charge in [-0.1, -0.05) is 45.9 Å². The van der Waals surface area contributed by atoms with Gasteiger partial charge in [-0.25, -0.2) is 0 Å². The number of hydrogen-bond acceptors (Lipinski definition) is 4. The molecule has 0 aromatic rings. The van der Waals surface area contributed by atoms with E-state index < -0.39 is 0 Å². The van der Waals surface area contributed by atoms with E-state index in [2.05, 4.69) is 64.5 Å². The summed E-state index contributed by atoms with van der Waals surface area (Å²) >= 11 is 3.60. The Morgan fingerprint density at radius 1 is 0.556 bits per heavy atom. The predicted molar refractivity (Wildman–Crippen MR) is 97.2 cm³/mol. The molecule has 102 valence electrons. The Kier molecular flexibility index (Phi) is 11.4. The van der Waals surface area contributed by atoms with Crippen LogP contribution in [0, 0.1) is 0 Å². The molecule has 0 bridgehead atoms. The molecule has 0 nitrogen and oxygen atoms in total. The van der Waals surface area contributed by atoms with Crippen LogP contribution < -0.4 is 0 Å². The minimum Gasteiger partial charge on any atom is -0.129 e. The second kappa shape index (κ2) is 11.2. The fraction of sp³-hybridized carbons (Fsp3) is 0.429. The highest BCUT2D eigenvalue weighted by molar-refractivity contribution is 8.79. The van der Waals surface area contributed by atoms with Crippen molar-refractivity contribution in [3.8, 4) is 0 Å². The Morgan fingerprint density at radius 2 is 0.833 bits per heavy atom. The lowest BCUT2D eigenvalue weighted by atomic mass is 10.4. The summed E-state index contributed by atoms with van der Waals surface area (Å²) < 4.78 is 0. The van der Waals surface area contributed by atoms with Crippen LogP contribution in [0.1, 0.15) is 27.7 Å². The van der Waals surface area contributed by atoms with Gasteiger partial charge in [0.2, 0.25) is 0 Å². The summed E-state index contributed by atoms with van der Waals surface area (Å²) in [5.41, 5.74) is 0. The first-order valence-corrected chi connectivity index (χ1v) is 10.4. The topological polar surface area (TPSA) is 0 Å². The maximum atomic E-state index is 2.19. The van der Waals surface area contributed by atoms with Crippen molar-refractivity contribution in [2.75, 3.05) is 12.5 Å². The maximum Gasteiger partial charge on any atom is 0.0276 e. The predicted octanol–water partition coefficient (Wildman–Crippen LogP) is 6.71. The van der Waals surface area contributed by atoms with E-state index in [1.165, 1.54) is 19.6 Å². The largest absolute Gasteiger partial charge is 0.129 e. The van der Waals surface area contributed by atoms with Crippen molar-refractivity contribution in [1.29, 1.82) is 0 Å². The van der Waals surface area contributed by atoms with Crippen LogP contribution in [0.5, 0.6) is 0 Å². The third kappa shape index (κ3) is 6.00. The summed E-state index contributed by atoms with van der Waals surface area (Å²) in [6.45, 7) is 8.39. The molecule has 0 aliphatic rings. The van der Waals surface area contributed by atoms with Crippen molar-refractivity contribution >= 4 is 45.1 Å². The van der Waals surface area contributed by atoms with E-state index in [-0.39, 0.29) is 0 Å². The van der Waals surface area contributed by atoms with Crippen LogP contribution in [-0.2, 0) is 0 Å². The van der Waals surface area contributed by atoms with Crippen molar-refractivity contribution < 1.29 is 0 Å². The van der Waals surface area contributed by atoms with E-state index >= 15 is 0 Å². The summed E-state index contributed by atoms with van der Waals surface area (Å²) in [5.74, 6) is 0. The third-order valence-electron chi connectivity index (χ3n) is 2.20. The van der Waals surface area contributed by atoms with Gasteiger partial charge in [0.1, 0.15) is 0 Å². The van der Waals surface area contributed by atoms with Crippen LogP contribution in [0.2, 0.25) is 0 Å². The number of thioether (sulfide) groups is 2. The van der Waals surface area contributed by atoms with Crippen molar-refractivity contribution in [2.24, 2.45) is 0 Å². The van der Waals surface area contributed by atoms with Gasteiger partial charge in [0.25, 0.3) is 0 Å². The van der Waals surface area contributed by atoms with Crippen LogP contribution in [0.4, 0.5) is 0 Å². The third-order valence-corrected chi connectivity index (χ3v) is 6.93. The normalized spacial score (nSPS) is 15.2. The number of allylic oxidation sites excluding steroid dienone is 4. The smallest absolute Gasteiger partial charge is 0.0276 e. The Morgan fingerprint density at radius 3 is 1.00 bits per heavy atom. The standard InChI is InChI=1S/C14H22S4/c1-7-11(15-5)13(9-3)17-18-14(10-4)12(8-2)16-6/h7-10H,1-6H3. The van der Waals surface area contributed by atoms with Gasteiger partial charge < -0.3 is 0 Å². The zero-order valence-corrected chi connectivity index (χ0v) is 15.2. The van der Waals surface area contributed by atoms with Gasteiger partial charge >= 0.3 is 0 Å². The Balaban J connectivity index is 4.74. The van der Waals surface area contributed by atoms with Crippen LogP contribution in [0.15, 0.2) is 43.9 Å². The molecule has 0 aliphatic carbocycles. The highest BCUT2D eigenvalue weighted by Gasteiger charge is 2.08. The molecule has 0 N–H and O–H groups in total. The molecule has 0 aliphatic heterocycles. The molecular formula is C14H22S4. The molecule has 0 aromatic heterocycles. The SMILES string of the molecule is CC=C(SC)C(=CC)SSC(=CC)C(=CC)SC. The molecule has 0 atom stereocenters. The first kappa shape index (κ1) is 18.4. The quantitative estimate of drug-likeness (QED) is 0.378. The van der Waals surface area contributed by atoms with E-state index in [4.69, 9.17) is 0 Å². The van der Waals surface area contributed by atoms with E-state index in [1.54, 1.807) is 23.5 Å². The highest BCUT2D eigenvalue weighted by atomic mass is 33.1. The van der Waals surface area contributed by atoms with E-state index in [9.17, 15) is 0 Å². The monoisotopic (exact) mass is 318 g/mol. The van der Waals surface area contributed by atoms with Gasteiger partial charge in [-0.15, -0.1) is 23.5 Å². The number of rotatable bonds is 7. The van der Waals surface area contributed by atoms with E-state index in [0.29, 0.717) is 0 Å². The van der Waals surface area contributed by atoms with E-state index in [0.717, 1.165) is 0 Å². The molecular weight excluding hydrogens is 296 g/mol. The van der Waals surface area contributed by atoms with Crippen molar-refractivity contribution in [1.82, 2.24) is 0 Å². The van der Waals surface area contributed by atoms with Crippen LogP contribution >= 0.6 is 45.1 Å². The van der Waals surface area contributed by atoms with Crippen molar-refractivity contribution in [2.45, 2.75) is 27.7 Å². The molecule has 0 saturated heterocycles. The van der Waals surface area contributed by atoms with Gasteiger partial charge in [-0.3, -0.25) is 0 Å². The molecule has 0 radical (unpaired) electrons. The molecule has 18 heavy (non-hydrogen) atoms. The maximum absolute atomic E-state index is 2.19. The van der Waals surface area contributed by atoms with Crippen molar-refractivity contribution in [3.63, 3.8) is 0 Å². The zero-order chi connectivity index (χ0) is 14.0. The zero-order valence-electron chi connectivity index (χ0n) is 11.9. The molecule has 0 spiro atoms.